The third-order valence-corrected chi connectivity index (χ3v) is 6.29. The van der Waals surface area contributed by atoms with Gasteiger partial charge in [-0.05, 0) is 48.5 Å². The fraction of sp³-hybridized carbons (Fsp3) is 0.0556. The van der Waals surface area contributed by atoms with Crippen molar-refractivity contribution in [1.82, 2.24) is 0 Å². The summed E-state index contributed by atoms with van der Waals surface area (Å²) in [6.45, 7) is 0. The van der Waals surface area contributed by atoms with E-state index in [4.69, 9.17) is 33.4 Å². The van der Waals surface area contributed by atoms with E-state index in [1.165, 1.54) is 24.5 Å². The molecule has 0 saturated carbocycles. The summed E-state index contributed by atoms with van der Waals surface area (Å²) in [6, 6.07) is 12.7. The normalized spacial score (nSPS) is 16.1. The number of rotatable bonds is 4. The molecule has 28 heavy (non-hydrogen) atoms. The van der Waals surface area contributed by atoms with E-state index in [9.17, 15) is 8.42 Å². The molecule has 0 amide bonds. The van der Waals surface area contributed by atoms with Crippen LogP contribution in [0.2, 0.25) is 10.0 Å². The van der Waals surface area contributed by atoms with Crippen LogP contribution in [0.4, 0.5) is 17.3 Å². The van der Waals surface area contributed by atoms with E-state index in [1.807, 2.05) is 0 Å². The van der Waals surface area contributed by atoms with Gasteiger partial charge in [0.05, 0.1) is 16.8 Å². The zero-order valence-corrected chi connectivity index (χ0v) is 16.5. The Bertz CT molecular complexity index is 1160. The minimum absolute atomic E-state index is 0.0445. The Labute approximate surface area is 171 Å². The van der Waals surface area contributed by atoms with Crippen LogP contribution in [0.25, 0.3) is 0 Å². The third kappa shape index (κ3) is 3.47. The van der Waals surface area contributed by atoms with Gasteiger partial charge in [0.1, 0.15) is 17.4 Å². The summed E-state index contributed by atoms with van der Waals surface area (Å²) in [5, 5.41) is 0.400. The number of hydrogen-bond acceptors (Lipinski definition) is 6. The van der Waals surface area contributed by atoms with Crippen molar-refractivity contribution in [1.29, 1.82) is 0 Å². The average molecular weight is 437 g/mol. The highest BCUT2D eigenvalue weighted by molar-refractivity contribution is 7.92. The number of hydrogen-bond donors (Lipinski definition) is 2. The van der Waals surface area contributed by atoms with Crippen molar-refractivity contribution < 1.29 is 12.8 Å². The Kier molecular flexibility index (Phi) is 4.80. The van der Waals surface area contributed by atoms with Crippen LogP contribution >= 0.6 is 23.2 Å². The predicted molar refractivity (Wildman–Crippen MR) is 110 cm³/mol. The fourth-order valence-electron chi connectivity index (χ4n) is 2.81. The SMILES string of the molecule is NC1c2ccoc2N=CN1c1ccc(NS(=O)(=O)c2ccc(Cl)cc2Cl)cc1. The smallest absolute Gasteiger partial charge is 0.263 e. The summed E-state index contributed by atoms with van der Waals surface area (Å²) in [5.41, 5.74) is 8.14. The lowest BCUT2D eigenvalue weighted by Gasteiger charge is -2.29. The van der Waals surface area contributed by atoms with E-state index in [0.29, 0.717) is 16.6 Å². The highest BCUT2D eigenvalue weighted by Gasteiger charge is 2.24. The molecule has 0 bridgehead atoms. The number of anilines is 2. The lowest BCUT2D eigenvalue weighted by atomic mass is 10.2. The van der Waals surface area contributed by atoms with Crippen LogP contribution in [0.5, 0.6) is 0 Å². The summed E-state index contributed by atoms with van der Waals surface area (Å²) >= 11 is 11.8. The minimum Gasteiger partial charge on any atom is -0.446 e. The Balaban J connectivity index is 1.55. The zero-order valence-electron chi connectivity index (χ0n) is 14.2. The van der Waals surface area contributed by atoms with E-state index < -0.39 is 16.2 Å². The maximum absolute atomic E-state index is 12.6. The number of aliphatic imine (C=N–C) groups is 1. The van der Waals surface area contributed by atoms with Gasteiger partial charge in [-0.3, -0.25) is 4.72 Å². The van der Waals surface area contributed by atoms with Crippen molar-refractivity contribution in [3.63, 3.8) is 0 Å². The van der Waals surface area contributed by atoms with Gasteiger partial charge < -0.3 is 15.1 Å². The van der Waals surface area contributed by atoms with Crippen molar-refractivity contribution in [2.24, 2.45) is 10.7 Å². The molecule has 0 spiro atoms. The average Bonchev–Trinajstić information content (AvgIpc) is 3.12. The Morgan fingerprint density at radius 1 is 1.11 bits per heavy atom. The highest BCUT2D eigenvalue weighted by Crippen LogP contribution is 2.34. The number of halogens is 2. The van der Waals surface area contributed by atoms with E-state index in [0.717, 1.165) is 11.3 Å². The standard InChI is InChI=1S/C18H14Cl2N4O3S/c19-11-1-6-16(15(20)9-11)28(25,26)23-12-2-4-13(5-3-12)24-10-22-18-14(17(24)21)7-8-27-18/h1-10,17,23H,21H2. The predicted octanol–water partition coefficient (Wildman–Crippen LogP) is 4.52. The van der Waals surface area contributed by atoms with Gasteiger partial charge in [0.15, 0.2) is 0 Å². The summed E-state index contributed by atoms with van der Waals surface area (Å²) in [4.78, 5) is 5.92. The third-order valence-electron chi connectivity index (χ3n) is 4.19. The van der Waals surface area contributed by atoms with Crippen LogP contribution < -0.4 is 15.4 Å². The summed E-state index contributed by atoms with van der Waals surface area (Å²) in [5.74, 6) is 0.480. The molecule has 2 heterocycles. The number of furan rings is 1. The topological polar surface area (TPSA) is 101 Å². The van der Waals surface area contributed by atoms with E-state index in [2.05, 4.69) is 9.71 Å². The molecule has 0 fully saturated rings. The van der Waals surface area contributed by atoms with Crippen LogP contribution in [0.3, 0.4) is 0 Å². The van der Waals surface area contributed by atoms with Crippen molar-refractivity contribution in [2.75, 3.05) is 9.62 Å². The number of nitrogens with one attached hydrogen (secondary N) is 1. The molecule has 7 nitrogen and oxygen atoms in total. The van der Waals surface area contributed by atoms with Crippen LogP contribution in [0, 0.1) is 0 Å². The second-order valence-corrected chi connectivity index (χ2v) is 8.50. The molecule has 10 heteroatoms. The molecule has 1 unspecified atom stereocenters. The van der Waals surface area contributed by atoms with Gasteiger partial charge in [-0.2, -0.15) is 0 Å². The summed E-state index contributed by atoms with van der Waals surface area (Å²) < 4.78 is 32.9. The first-order valence-corrected chi connectivity index (χ1v) is 10.3. The minimum atomic E-state index is -3.86. The molecule has 0 saturated heterocycles. The van der Waals surface area contributed by atoms with Crippen molar-refractivity contribution in [2.45, 2.75) is 11.1 Å². The molecular formula is C18H14Cl2N4O3S. The fourth-order valence-corrected chi connectivity index (χ4v) is 4.64. The van der Waals surface area contributed by atoms with Gasteiger partial charge in [-0.15, -0.1) is 0 Å². The quantitative estimate of drug-likeness (QED) is 0.625. The zero-order chi connectivity index (χ0) is 19.9. The van der Waals surface area contributed by atoms with Crippen molar-refractivity contribution in [3.05, 3.63) is 70.4 Å². The highest BCUT2D eigenvalue weighted by atomic mass is 35.5. The number of nitrogens with two attached hydrogens (primary N) is 1. The molecule has 0 radical (unpaired) electrons. The van der Waals surface area contributed by atoms with Crippen molar-refractivity contribution >= 4 is 56.8 Å². The van der Waals surface area contributed by atoms with Crippen LogP contribution in [-0.2, 0) is 10.0 Å². The number of nitrogens with zero attached hydrogens (tertiary/aromatic N) is 2. The molecule has 1 aromatic heterocycles. The first-order valence-electron chi connectivity index (χ1n) is 8.08. The monoisotopic (exact) mass is 436 g/mol. The van der Waals surface area contributed by atoms with Crippen LogP contribution in [0.15, 0.2) is 69.1 Å². The second-order valence-electron chi connectivity index (χ2n) is 6.00. The molecule has 4 rings (SSSR count). The van der Waals surface area contributed by atoms with E-state index in [1.54, 1.807) is 41.6 Å². The number of fused-ring (bicyclic) bond motifs is 1. The van der Waals surface area contributed by atoms with Gasteiger partial charge in [0.25, 0.3) is 10.0 Å². The lowest BCUT2D eigenvalue weighted by Crippen LogP contribution is -2.35. The molecule has 2 aromatic carbocycles. The molecule has 1 aliphatic heterocycles. The molecular weight excluding hydrogens is 423 g/mol. The summed E-state index contributed by atoms with van der Waals surface area (Å²) in [6.07, 6.45) is 2.65. The van der Waals surface area contributed by atoms with Gasteiger partial charge in [-0.1, -0.05) is 23.2 Å². The summed E-state index contributed by atoms with van der Waals surface area (Å²) in [7, 11) is -3.86. The Morgan fingerprint density at radius 2 is 1.86 bits per heavy atom. The van der Waals surface area contributed by atoms with Crippen LogP contribution in [0.1, 0.15) is 11.7 Å². The van der Waals surface area contributed by atoms with Gasteiger partial charge in [0, 0.05) is 16.4 Å². The maximum atomic E-state index is 12.6. The van der Waals surface area contributed by atoms with Gasteiger partial charge in [-0.25, -0.2) is 13.4 Å². The molecule has 144 valence electrons. The lowest BCUT2D eigenvalue weighted by molar-refractivity contribution is 0.567. The molecule has 3 N–H and O–H groups in total. The molecule has 1 atom stereocenters. The molecule has 3 aromatic rings. The Morgan fingerprint density at radius 3 is 2.57 bits per heavy atom. The van der Waals surface area contributed by atoms with Crippen molar-refractivity contribution in [3.8, 4) is 0 Å². The van der Waals surface area contributed by atoms with E-state index in [-0.39, 0.29) is 9.92 Å². The molecule has 0 aliphatic carbocycles. The number of benzene rings is 2. The maximum Gasteiger partial charge on any atom is 0.263 e. The molecule has 1 aliphatic rings. The van der Waals surface area contributed by atoms with Crippen LogP contribution in [-0.4, -0.2) is 14.8 Å². The number of sulfonamides is 1. The van der Waals surface area contributed by atoms with Gasteiger partial charge in [0.2, 0.25) is 5.88 Å². The second kappa shape index (κ2) is 7.14. The first kappa shape index (κ1) is 18.8. The van der Waals surface area contributed by atoms with Gasteiger partial charge >= 0.3 is 0 Å². The largest absolute Gasteiger partial charge is 0.446 e. The van der Waals surface area contributed by atoms with E-state index >= 15 is 0 Å². The first-order chi connectivity index (χ1) is 13.3. The Hall–Kier alpha value is -2.52.